The molecule has 0 fully saturated rings. The van der Waals surface area contributed by atoms with Crippen LogP contribution in [0.25, 0.3) is 6.08 Å². The number of hydrogen-bond donors (Lipinski definition) is 1. The molecule has 62 valence electrons. The van der Waals surface area contributed by atoms with Gasteiger partial charge in [0.05, 0.1) is 18.0 Å². The summed E-state index contributed by atoms with van der Waals surface area (Å²) < 4.78 is 0. The summed E-state index contributed by atoms with van der Waals surface area (Å²) in [4.78, 5) is 3.94. The van der Waals surface area contributed by atoms with E-state index in [9.17, 15) is 0 Å². The van der Waals surface area contributed by atoms with Crippen LogP contribution in [-0.4, -0.2) is 6.34 Å². The third-order valence-corrected chi connectivity index (χ3v) is 1.82. The average Bonchev–Trinajstić information content (AvgIpc) is 2.41. The van der Waals surface area contributed by atoms with Crippen LogP contribution in [0.5, 0.6) is 0 Å². The molecular weight excluding hydrogens is 162 g/mol. The molecule has 1 aliphatic heterocycles. The minimum atomic E-state index is 0.659. The fraction of sp³-hybridized carbons (Fsp3) is 0. The molecule has 3 heteroatoms. The van der Waals surface area contributed by atoms with Crippen molar-refractivity contribution in [1.29, 1.82) is 5.26 Å². The van der Waals surface area contributed by atoms with Crippen LogP contribution in [0.3, 0.4) is 0 Å². The summed E-state index contributed by atoms with van der Waals surface area (Å²) in [6.45, 7) is 0. The first kappa shape index (κ1) is 7.56. The van der Waals surface area contributed by atoms with Gasteiger partial charge >= 0.3 is 0 Å². The third kappa shape index (κ3) is 1.42. The first-order valence-corrected chi connectivity index (χ1v) is 3.89. The molecule has 0 atom stereocenters. The highest BCUT2D eigenvalue weighted by Crippen LogP contribution is 2.19. The molecule has 1 heterocycles. The number of anilines is 1. The molecule has 2 rings (SSSR count). The molecule has 0 aliphatic carbocycles. The lowest BCUT2D eigenvalue weighted by molar-refractivity contribution is 1.48. The Morgan fingerprint density at radius 1 is 1.38 bits per heavy atom. The van der Waals surface area contributed by atoms with Gasteiger partial charge in [0.25, 0.3) is 0 Å². The van der Waals surface area contributed by atoms with Crippen LogP contribution < -0.4 is 5.32 Å². The fourth-order valence-electron chi connectivity index (χ4n) is 1.17. The maximum atomic E-state index is 8.68. The number of rotatable bonds is 0. The van der Waals surface area contributed by atoms with E-state index in [1.54, 1.807) is 18.6 Å². The van der Waals surface area contributed by atoms with Crippen molar-refractivity contribution in [3.05, 3.63) is 35.5 Å². The summed E-state index contributed by atoms with van der Waals surface area (Å²) in [5.74, 6) is 0. The maximum absolute atomic E-state index is 8.68. The minimum Gasteiger partial charge on any atom is -0.346 e. The highest BCUT2D eigenvalue weighted by atomic mass is 14.9. The van der Waals surface area contributed by atoms with Gasteiger partial charge in [0, 0.05) is 17.5 Å². The molecule has 1 aromatic rings. The maximum Gasteiger partial charge on any atom is 0.0991 e. The Hall–Kier alpha value is -2.08. The Morgan fingerprint density at radius 2 is 2.31 bits per heavy atom. The van der Waals surface area contributed by atoms with Gasteiger partial charge in [0.2, 0.25) is 0 Å². The lowest BCUT2D eigenvalue weighted by Crippen LogP contribution is -1.95. The van der Waals surface area contributed by atoms with Crippen LogP contribution in [0.2, 0.25) is 0 Å². The molecule has 3 nitrogen and oxygen atoms in total. The van der Waals surface area contributed by atoms with Crippen molar-refractivity contribution in [2.24, 2.45) is 4.99 Å². The number of nitrogens with one attached hydrogen (secondary N) is 1. The first-order valence-electron chi connectivity index (χ1n) is 3.89. The molecule has 0 saturated carbocycles. The van der Waals surface area contributed by atoms with Gasteiger partial charge in [-0.25, -0.2) is 4.99 Å². The van der Waals surface area contributed by atoms with Crippen LogP contribution in [-0.2, 0) is 0 Å². The van der Waals surface area contributed by atoms with Gasteiger partial charge in [-0.05, 0) is 24.3 Å². The molecule has 0 aromatic heterocycles. The van der Waals surface area contributed by atoms with E-state index in [-0.39, 0.29) is 0 Å². The predicted octanol–water partition coefficient (Wildman–Crippen LogP) is 1.98. The zero-order valence-corrected chi connectivity index (χ0v) is 6.86. The Balaban J connectivity index is 2.53. The van der Waals surface area contributed by atoms with Crippen LogP contribution in [0.4, 0.5) is 5.69 Å². The van der Waals surface area contributed by atoms with Crippen molar-refractivity contribution < 1.29 is 0 Å². The van der Waals surface area contributed by atoms with Crippen LogP contribution in [0, 0.1) is 11.3 Å². The Bertz CT molecular complexity index is 424. The van der Waals surface area contributed by atoms with Crippen molar-refractivity contribution in [1.82, 2.24) is 0 Å². The van der Waals surface area contributed by atoms with Gasteiger partial charge in [-0.15, -0.1) is 0 Å². The molecule has 0 amide bonds. The third-order valence-electron chi connectivity index (χ3n) is 1.82. The summed E-state index contributed by atoms with van der Waals surface area (Å²) in [7, 11) is 0. The Kier molecular flexibility index (Phi) is 1.81. The zero-order chi connectivity index (χ0) is 9.10. The standard InChI is InChI=1S/C10H7N3/c11-6-8-1-2-10-9(5-8)3-4-12-7-13-10/h1-5,7H,(H,12,13). The number of nitriles is 1. The monoisotopic (exact) mass is 169 g/mol. The van der Waals surface area contributed by atoms with Crippen LogP contribution in [0.15, 0.2) is 29.4 Å². The summed E-state index contributed by atoms with van der Waals surface area (Å²) >= 11 is 0. The van der Waals surface area contributed by atoms with Crippen molar-refractivity contribution in [3.8, 4) is 6.07 Å². The highest BCUT2D eigenvalue weighted by Gasteiger charge is 2.01. The number of benzene rings is 1. The van der Waals surface area contributed by atoms with Crippen molar-refractivity contribution in [2.75, 3.05) is 5.32 Å². The molecule has 13 heavy (non-hydrogen) atoms. The Labute approximate surface area is 76.0 Å². The molecule has 1 N–H and O–H groups in total. The van der Waals surface area contributed by atoms with Gasteiger partial charge in [-0.3, -0.25) is 0 Å². The van der Waals surface area contributed by atoms with E-state index >= 15 is 0 Å². The quantitative estimate of drug-likeness (QED) is 0.645. The molecule has 0 spiro atoms. The van der Waals surface area contributed by atoms with Gasteiger partial charge in [-0.2, -0.15) is 5.26 Å². The zero-order valence-electron chi connectivity index (χ0n) is 6.86. The van der Waals surface area contributed by atoms with E-state index in [1.807, 2.05) is 18.2 Å². The van der Waals surface area contributed by atoms with Crippen molar-refractivity contribution in [3.63, 3.8) is 0 Å². The van der Waals surface area contributed by atoms with E-state index < -0.39 is 0 Å². The molecule has 0 radical (unpaired) electrons. The topological polar surface area (TPSA) is 48.2 Å². The molecule has 0 bridgehead atoms. The molecule has 1 aromatic carbocycles. The number of nitrogens with zero attached hydrogens (tertiary/aromatic N) is 2. The molecule has 1 aliphatic rings. The predicted molar refractivity (Wildman–Crippen MR) is 52.3 cm³/mol. The average molecular weight is 169 g/mol. The van der Waals surface area contributed by atoms with E-state index in [1.165, 1.54) is 0 Å². The summed E-state index contributed by atoms with van der Waals surface area (Å²) in [5, 5.41) is 11.7. The van der Waals surface area contributed by atoms with Crippen LogP contribution >= 0.6 is 0 Å². The lowest BCUT2D eigenvalue weighted by atomic mass is 10.1. The fourth-order valence-corrected chi connectivity index (χ4v) is 1.17. The summed E-state index contributed by atoms with van der Waals surface area (Å²) in [6.07, 6.45) is 5.18. The van der Waals surface area contributed by atoms with E-state index in [2.05, 4.69) is 16.4 Å². The van der Waals surface area contributed by atoms with Gasteiger partial charge in [0.1, 0.15) is 0 Å². The molecule has 0 unspecified atom stereocenters. The second kappa shape index (κ2) is 3.11. The van der Waals surface area contributed by atoms with E-state index in [0.717, 1.165) is 11.3 Å². The first-order chi connectivity index (χ1) is 6.40. The van der Waals surface area contributed by atoms with Crippen molar-refractivity contribution in [2.45, 2.75) is 0 Å². The van der Waals surface area contributed by atoms with Gasteiger partial charge in [0.15, 0.2) is 0 Å². The Morgan fingerprint density at radius 3 is 3.15 bits per heavy atom. The van der Waals surface area contributed by atoms with Gasteiger partial charge in [-0.1, -0.05) is 0 Å². The number of hydrogen-bond acceptors (Lipinski definition) is 3. The summed E-state index contributed by atoms with van der Waals surface area (Å²) in [6, 6.07) is 7.57. The minimum absolute atomic E-state index is 0.659. The van der Waals surface area contributed by atoms with Gasteiger partial charge < -0.3 is 5.32 Å². The van der Waals surface area contributed by atoms with E-state index in [0.29, 0.717) is 5.56 Å². The summed E-state index contributed by atoms with van der Waals surface area (Å²) in [5.41, 5.74) is 2.61. The molecular formula is C10H7N3. The largest absolute Gasteiger partial charge is 0.346 e. The highest BCUT2D eigenvalue weighted by molar-refractivity contribution is 5.84. The normalized spacial score (nSPS) is 12.5. The second-order valence-electron chi connectivity index (χ2n) is 2.65. The number of fused-ring (bicyclic) bond motifs is 1. The molecule has 0 saturated heterocycles. The van der Waals surface area contributed by atoms with Crippen molar-refractivity contribution >= 4 is 18.1 Å². The van der Waals surface area contributed by atoms with Crippen LogP contribution in [0.1, 0.15) is 11.1 Å². The SMILES string of the molecule is N#Cc1ccc2c(c1)C=CN=CN2. The van der Waals surface area contributed by atoms with E-state index in [4.69, 9.17) is 5.26 Å². The smallest absolute Gasteiger partial charge is 0.0991 e. The lowest BCUT2D eigenvalue weighted by Gasteiger charge is -2.02. The number of aliphatic imine (C=N–C) groups is 1. The second-order valence-corrected chi connectivity index (χ2v) is 2.65.